The maximum absolute atomic E-state index is 13.7. The van der Waals surface area contributed by atoms with Gasteiger partial charge >= 0.3 is 6.03 Å². The van der Waals surface area contributed by atoms with Gasteiger partial charge in [-0.3, -0.25) is 9.69 Å². The molecule has 3 amide bonds. The number of urea groups is 1. The zero-order valence-corrected chi connectivity index (χ0v) is 20.9. The molecule has 1 aliphatic heterocycles. The Hall–Kier alpha value is -3.69. The maximum atomic E-state index is 13.7. The van der Waals surface area contributed by atoms with E-state index in [-0.39, 0.29) is 19.0 Å². The first-order valence-corrected chi connectivity index (χ1v) is 12.5. The smallest absolute Gasteiger partial charge is 0.322 e. The highest BCUT2D eigenvalue weighted by atomic mass is 19.1. The summed E-state index contributed by atoms with van der Waals surface area (Å²) >= 11 is 0. The van der Waals surface area contributed by atoms with E-state index in [4.69, 9.17) is 9.15 Å². The average molecular weight is 509 g/mol. The number of hydrogen-bond donors (Lipinski definition) is 1. The molecule has 4 rings (SSSR count). The van der Waals surface area contributed by atoms with Gasteiger partial charge in [0, 0.05) is 38.4 Å². The molecular weight excluding hydrogens is 475 g/mol. The lowest BCUT2D eigenvalue weighted by molar-refractivity contribution is -0.133. The van der Waals surface area contributed by atoms with Gasteiger partial charge in [-0.2, -0.15) is 0 Å². The van der Waals surface area contributed by atoms with E-state index in [1.165, 1.54) is 23.1 Å². The van der Waals surface area contributed by atoms with Crippen molar-refractivity contribution in [1.29, 1.82) is 0 Å². The minimum atomic E-state index is -0.446. The molecule has 196 valence electrons. The second-order valence-electron chi connectivity index (χ2n) is 8.98. The van der Waals surface area contributed by atoms with Crippen LogP contribution in [0.15, 0.2) is 77.4 Å². The van der Waals surface area contributed by atoms with Crippen molar-refractivity contribution < 1.29 is 23.1 Å². The van der Waals surface area contributed by atoms with Gasteiger partial charge in [-0.1, -0.05) is 36.4 Å². The molecule has 0 atom stereocenters. The van der Waals surface area contributed by atoms with Crippen molar-refractivity contribution in [3.8, 4) is 0 Å². The molecule has 0 saturated carbocycles. The maximum Gasteiger partial charge on any atom is 0.322 e. The fourth-order valence-corrected chi connectivity index (χ4v) is 4.22. The Bertz CT molecular complexity index is 1120. The first-order chi connectivity index (χ1) is 18.1. The topological polar surface area (TPSA) is 78.3 Å². The van der Waals surface area contributed by atoms with Gasteiger partial charge in [0.25, 0.3) is 0 Å². The fraction of sp³-hybridized carbons (Fsp3) is 0.357. The number of halogens is 1. The van der Waals surface area contributed by atoms with Crippen molar-refractivity contribution in [1.82, 2.24) is 14.7 Å². The number of carbonyl (C=O) groups excluding carboxylic acids is 2. The van der Waals surface area contributed by atoms with E-state index < -0.39 is 11.8 Å². The standard InChI is InChI=1S/C28H33FN4O4/c29-24-9-4-10-25(19-24)30-28(35)32(13-6-12-31-14-17-36-18-15-31)22-27(34)33(21-26-11-5-16-37-26)20-23-7-2-1-3-8-23/h1-5,7-11,16,19H,6,12-15,17-18,20-22H2,(H,30,35). The number of rotatable bonds is 11. The average Bonchev–Trinajstić information content (AvgIpc) is 3.42. The van der Waals surface area contributed by atoms with Gasteiger partial charge < -0.3 is 24.3 Å². The van der Waals surface area contributed by atoms with E-state index in [1.54, 1.807) is 23.3 Å². The predicted molar refractivity (Wildman–Crippen MR) is 138 cm³/mol. The van der Waals surface area contributed by atoms with Crippen LogP contribution >= 0.6 is 0 Å². The van der Waals surface area contributed by atoms with Crippen LogP contribution in [0.3, 0.4) is 0 Å². The van der Waals surface area contributed by atoms with Crippen LogP contribution in [0.25, 0.3) is 0 Å². The summed E-state index contributed by atoms with van der Waals surface area (Å²) in [5.41, 5.74) is 1.32. The lowest BCUT2D eigenvalue weighted by Gasteiger charge is -2.30. The summed E-state index contributed by atoms with van der Waals surface area (Å²) in [5.74, 6) is 0.00797. The van der Waals surface area contributed by atoms with Crippen molar-refractivity contribution >= 4 is 17.6 Å². The first-order valence-electron chi connectivity index (χ1n) is 12.5. The molecule has 1 saturated heterocycles. The second-order valence-corrected chi connectivity index (χ2v) is 8.98. The molecule has 1 aliphatic rings. The molecule has 9 heteroatoms. The molecular formula is C28H33FN4O4. The number of nitrogens with zero attached hydrogens (tertiary/aromatic N) is 3. The third-order valence-electron chi connectivity index (χ3n) is 6.19. The number of ether oxygens (including phenoxy) is 1. The molecule has 1 N–H and O–H groups in total. The second kappa shape index (κ2) is 13.6. The first kappa shape index (κ1) is 26.4. The van der Waals surface area contributed by atoms with Gasteiger partial charge in [-0.25, -0.2) is 9.18 Å². The third kappa shape index (κ3) is 8.44. The normalized spacial score (nSPS) is 13.8. The quantitative estimate of drug-likeness (QED) is 0.420. The summed E-state index contributed by atoms with van der Waals surface area (Å²) < 4.78 is 24.6. The monoisotopic (exact) mass is 508 g/mol. The molecule has 2 heterocycles. The van der Waals surface area contributed by atoms with E-state index in [2.05, 4.69) is 10.2 Å². The highest BCUT2D eigenvalue weighted by Crippen LogP contribution is 2.14. The number of nitrogens with one attached hydrogen (secondary N) is 1. The summed E-state index contributed by atoms with van der Waals surface area (Å²) in [4.78, 5) is 32.2. The molecule has 0 radical (unpaired) electrons. The third-order valence-corrected chi connectivity index (χ3v) is 6.19. The van der Waals surface area contributed by atoms with Crippen LogP contribution in [0, 0.1) is 5.82 Å². The van der Waals surface area contributed by atoms with Crippen LogP contribution in [-0.2, 0) is 22.6 Å². The molecule has 0 unspecified atom stereocenters. The Labute approximate surface area is 216 Å². The number of carbonyl (C=O) groups is 2. The van der Waals surface area contributed by atoms with Crippen molar-refractivity contribution in [3.63, 3.8) is 0 Å². The number of furan rings is 1. The molecule has 3 aromatic rings. The Morgan fingerprint density at radius 3 is 2.49 bits per heavy atom. The molecule has 0 spiro atoms. The molecule has 1 fully saturated rings. The van der Waals surface area contributed by atoms with Gasteiger partial charge in [0.1, 0.15) is 18.1 Å². The summed E-state index contributed by atoms with van der Waals surface area (Å²) in [6, 6.07) is 18.6. The van der Waals surface area contributed by atoms with Crippen LogP contribution in [0.1, 0.15) is 17.7 Å². The zero-order chi connectivity index (χ0) is 25.9. The van der Waals surface area contributed by atoms with Crippen LogP contribution in [0.2, 0.25) is 0 Å². The highest BCUT2D eigenvalue weighted by Gasteiger charge is 2.23. The summed E-state index contributed by atoms with van der Waals surface area (Å²) in [5, 5.41) is 2.73. The zero-order valence-electron chi connectivity index (χ0n) is 20.9. The molecule has 0 bridgehead atoms. The van der Waals surface area contributed by atoms with Gasteiger partial charge in [-0.15, -0.1) is 0 Å². The Kier molecular flexibility index (Phi) is 9.67. The largest absolute Gasteiger partial charge is 0.467 e. The van der Waals surface area contributed by atoms with Gasteiger partial charge in [-0.05, 0) is 42.3 Å². The van der Waals surface area contributed by atoms with E-state index in [0.29, 0.717) is 44.2 Å². The van der Waals surface area contributed by atoms with Crippen LogP contribution in [0.4, 0.5) is 14.9 Å². The summed E-state index contributed by atoms with van der Waals surface area (Å²) in [6.07, 6.45) is 2.27. The van der Waals surface area contributed by atoms with Crippen molar-refractivity contribution in [2.24, 2.45) is 0 Å². The van der Waals surface area contributed by atoms with Gasteiger partial charge in [0.2, 0.25) is 5.91 Å². The number of hydrogen-bond acceptors (Lipinski definition) is 5. The lowest BCUT2D eigenvalue weighted by Crippen LogP contribution is -2.45. The van der Waals surface area contributed by atoms with Gasteiger partial charge in [0.15, 0.2) is 0 Å². The minimum Gasteiger partial charge on any atom is -0.467 e. The number of morpholine rings is 1. The number of benzene rings is 2. The van der Waals surface area contributed by atoms with Crippen molar-refractivity contribution in [2.75, 3.05) is 51.3 Å². The summed E-state index contributed by atoms with van der Waals surface area (Å²) in [6.45, 7) is 4.82. The van der Waals surface area contributed by atoms with E-state index >= 15 is 0 Å². The SMILES string of the molecule is O=C(CN(CCCN1CCOCC1)C(=O)Nc1cccc(F)c1)N(Cc1ccccc1)Cc1ccco1. The molecule has 2 aromatic carbocycles. The van der Waals surface area contributed by atoms with Gasteiger partial charge in [0.05, 0.1) is 26.0 Å². The predicted octanol–water partition coefficient (Wildman–Crippen LogP) is 4.20. The highest BCUT2D eigenvalue weighted by molar-refractivity contribution is 5.92. The van der Waals surface area contributed by atoms with Crippen molar-refractivity contribution in [3.05, 3.63) is 90.1 Å². The molecule has 0 aliphatic carbocycles. The minimum absolute atomic E-state index is 0.113. The summed E-state index contributed by atoms with van der Waals surface area (Å²) in [7, 11) is 0. The Morgan fingerprint density at radius 1 is 0.946 bits per heavy atom. The number of amides is 3. The van der Waals surface area contributed by atoms with Crippen LogP contribution in [-0.4, -0.2) is 72.6 Å². The number of anilines is 1. The van der Waals surface area contributed by atoms with Crippen molar-refractivity contribution in [2.45, 2.75) is 19.5 Å². The van der Waals surface area contributed by atoms with E-state index in [0.717, 1.165) is 25.2 Å². The Balaban J connectivity index is 1.45. The fourth-order valence-electron chi connectivity index (χ4n) is 4.22. The molecule has 37 heavy (non-hydrogen) atoms. The van der Waals surface area contributed by atoms with Crippen LogP contribution in [0.5, 0.6) is 0 Å². The Morgan fingerprint density at radius 2 is 1.76 bits per heavy atom. The lowest BCUT2D eigenvalue weighted by atomic mass is 10.2. The van der Waals surface area contributed by atoms with E-state index in [9.17, 15) is 14.0 Å². The molecule has 8 nitrogen and oxygen atoms in total. The molecule has 1 aromatic heterocycles. The van der Waals surface area contributed by atoms with Crippen LogP contribution < -0.4 is 5.32 Å². The van der Waals surface area contributed by atoms with E-state index in [1.807, 2.05) is 36.4 Å².